The Balaban J connectivity index is 3.09. The first-order valence-electron chi connectivity index (χ1n) is 3.50. The predicted octanol–water partition coefficient (Wildman–Crippen LogP) is 2.60. The fraction of sp³-hybridized carbons (Fsp3) is 0.143. The molecule has 0 amide bonds. The summed E-state index contributed by atoms with van der Waals surface area (Å²) >= 11 is 5.39. The molecule has 0 radical (unpaired) electrons. The van der Waals surface area contributed by atoms with Crippen LogP contribution in [0.1, 0.15) is 0 Å². The molecule has 0 aliphatic carbocycles. The summed E-state index contributed by atoms with van der Waals surface area (Å²) in [5.74, 6) is -0.418. The van der Waals surface area contributed by atoms with Crippen LogP contribution in [0.25, 0.3) is 0 Å². The van der Waals surface area contributed by atoms with Gasteiger partial charge in [0.1, 0.15) is 10.6 Å². The average molecular weight is 261 g/mol. The van der Waals surface area contributed by atoms with Crippen LogP contribution in [0.3, 0.4) is 0 Å². The molecule has 1 aromatic carbocycles. The second-order valence-corrected chi connectivity index (χ2v) is 4.16. The first-order valence-corrected chi connectivity index (χ1v) is 5.26. The number of hydrogen-bond donors (Lipinski definition) is 0. The van der Waals surface area contributed by atoms with Crippen molar-refractivity contribution in [3.63, 3.8) is 0 Å². The summed E-state index contributed by atoms with van der Waals surface area (Å²) < 4.78 is 60.7. The lowest BCUT2D eigenvalue weighted by atomic mass is 10.3. The molecule has 0 atom stereocenters. The molecule has 0 aliphatic heterocycles. The van der Waals surface area contributed by atoms with Crippen molar-refractivity contribution in [1.82, 2.24) is 0 Å². The van der Waals surface area contributed by atoms with Crippen molar-refractivity contribution >= 4 is 21.8 Å². The first kappa shape index (κ1) is 12.1. The summed E-state index contributed by atoms with van der Waals surface area (Å²) in [7, 11) is -4.90. The number of rotatable bonds is 3. The van der Waals surface area contributed by atoms with Gasteiger partial charge in [-0.3, -0.25) is 0 Å². The van der Waals surface area contributed by atoms with Crippen molar-refractivity contribution in [3.05, 3.63) is 23.2 Å². The van der Waals surface area contributed by atoms with Crippen molar-refractivity contribution in [3.8, 4) is 5.75 Å². The standard InChI is InChI=1S/C7H4ClF3O3S/c8-5-3-4(15(11,12)13)1-2-6(5)14-7(9)10/h1-3,7H. The van der Waals surface area contributed by atoms with E-state index in [1.54, 1.807) is 0 Å². The Morgan fingerprint density at radius 3 is 2.33 bits per heavy atom. The van der Waals surface area contributed by atoms with E-state index in [4.69, 9.17) is 11.6 Å². The maximum atomic E-state index is 12.4. The van der Waals surface area contributed by atoms with Gasteiger partial charge in [-0.15, -0.1) is 3.89 Å². The molecule has 0 aliphatic rings. The van der Waals surface area contributed by atoms with Crippen molar-refractivity contribution in [2.45, 2.75) is 11.5 Å². The van der Waals surface area contributed by atoms with Crippen molar-refractivity contribution in [2.24, 2.45) is 0 Å². The average Bonchev–Trinajstić information content (AvgIpc) is 2.05. The molecule has 0 saturated heterocycles. The third-order valence-corrected chi connectivity index (χ3v) is 2.51. The van der Waals surface area contributed by atoms with Gasteiger partial charge in [0, 0.05) is 0 Å². The number of alkyl halides is 2. The first-order chi connectivity index (χ1) is 6.80. The molecule has 0 fully saturated rings. The lowest BCUT2D eigenvalue weighted by Crippen LogP contribution is -2.03. The van der Waals surface area contributed by atoms with E-state index >= 15 is 0 Å². The Morgan fingerprint density at radius 2 is 1.93 bits per heavy atom. The van der Waals surface area contributed by atoms with Crippen molar-refractivity contribution in [2.75, 3.05) is 0 Å². The highest BCUT2D eigenvalue weighted by Gasteiger charge is 2.15. The van der Waals surface area contributed by atoms with E-state index in [9.17, 15) is 21.1 Å². The van der Waals surface area contributed by atoms with Crippen LogP contribution in [0.15, 0.2) is 23.1 Å². The number of halogens is 4. The van der Waals surface area contributed by atoms with Gasteiger partial charge in [-0.25, -0.2) is 0 Å². The Kier molecular flexibility index (Phi) is 3.46. The highest BCUT2D eigenvalue weighted by Crippen LogP contribution is 2.29. The molecule has 0 bridgehead atoms. The highest BCUT2D eigenvalue weighted by atomic mass is 35.5. The summed E-state index contributed by atoms with van der Waals surface area (Å²) in [5.41, 5.74) is 0. The van der Waals surface area contributed by atoms with Crippen LogP contribution >= 0.6 is 11.6 Å². The quantitative estimate of drug-likeness (QED) is 0.785. The molecule has 15 heavy (non-hydrogen) atoms. The summed E-state index contributed by atoms with van der Waals surface area (Å²) in [6.45, 7) is -3.09. The minimum absolute atomic E-state index is 0.408. The zero-order valence-electron chi connectivity index (χ0n) is 6.95. The third kappa shape index (κ3) is 3.28. The van der Waals surface area contributed by atoms with Gasteiger partial charge in [-0.05, 0) is 18.2 Å². The highest BCUT2D eigenvalue weighted by molar-refractivity contribution is 7.86. The molecule has 0 N–H and O–H groups in total. The van der Waals surface area contributed by atoms with Crippen LogP contribution in [-0.2, 0) is 10.2 Å². The van der Waals surface area contributed by atoms with Gasteiger partial charge in [0.25, 0.3) is 0 Å². The van der Waals surface area contributed by atoms with Crippen LogP contribution in [-0.4, -0.2) is 15.0 Å². The molecule has 0 saturated carbocycles. The summed E-state index contributed by atoms with van der Waals surface area (Å²) in [5, 5.41) is -0.408. The summed E-state index contributed by atoms with van der Waals surface area (Å²) in [6, 6.07) is 2.31. The van der Waals surface area contributed by atoms with E-state index in [1.807, 2.05) is 0 Å². The van der Waals surface area contributed by atoms with Gasteiger partial charge in [0.2, 0.25) is 0 Å². The molecule has 8 heteroatoms. The number of hydrogen-bond acceptors (Lipinski definition) is 3. The van der Waals surface area contributed by atoms with Gasteiger partial charge in [-0.1, -0.05) is 11.6 Å². The fourth-order valence-corrected chi connectivity index (χ4v) is 1.60. The van der Waals surface area contributed by atoms with Gasteiger partial charge in [0.15, 0.2) is 0 Å². The lowest BCUT2D eigenvalue weighted by Gasteiger charge is -2.06. The molecule has 1 rings (SSSR count). The molecule has 1 aromatic rings. The SMILES string of the molecule is O=S(=O)(F)c1ccc(OC(F)F)c(Cl)c1. The maximum Gasteiger partial charge on any atom is 0.387 e. The zero-order chi connectivity index (χ0) is 11.6. The van der Waals surface area contributed by atoms with Crippen molar-refractivity contribution < 1.29 is 25.8 Å². The fourth-order valence-electron chi connectivity index (χ4n) is 0.825. The Morgan fingerprint density at radius 1 is 1.33 bits per heavy atom. The second kappa shape index (κ2) is 4.28. The Hall–Kier alpha value is -0.950. The smallest absolute Gasteiger partial charge is 0.387 e. The molecule has 0 heterocycles. The van der Waals surface area contributed by atoms with Crippen molar-refractivity contribution in [1.29, 1.82) is 0 Å². The Labute approximate surface area is 88.6 Å². The van der Waals surface area contributed by atoms with Crippen LogP contribution in [0.5, 0.6) is 5.75 Å². The van der Waals surface area contributed by atoms with Gasteiger partial charge in [-0.2, -0.15) is 17.2 Å². The molecule has 3 nitrogen and oxygen atoms in total. The normalized spacial score (nSPS) is 11.8. The maximum absolute atomic E-state index is 12.4. The molecule has 84 valence electrons. The molecule has 0 unspecified atom stereocenters. The molecule has 0 aromatic heterocycles. The molecular formula is C7H4ClF3O3S. The van der Waals surface area contributed by atoms with Crippen LogP contribution < -0.4 is 4.74 Å². The predicted molar refractivity (Wildman–Crippen MR) is 46.4 cm³/mol. The zero-order valence-corrected chi connectivity index (χ0v) is 8.53. The second-order valence-electron chi connectivity index (χ2n) is 2.41. The minimum Gasteiger partial charge on any atom is -0.433 e. The van der Waals surface area contributed by atoms with Crippen LogP contribution in [0, 0.1) is 0 Å². The number of ether oxygens (including phenoxy) is 1. The summed E-state index contributed by atoms with van der Waals surface area (Å²) in [6.07, 6.45) is 0. The van der Waals surface area contributed by atoms with Gasteiger partial charge < -0.3 is 4.74 Å². The van der Waals surface area contributed by atoms with E-state index in [1.165, 1.54) is 0 Å². The monoisotopic (exact) mass is 260 g/mol. The number of benzene rings is 1. The van der Waals surface area contributed by atoms with E-state index in [0.29, 0.717) is 6.07 Å². The summed E-state index contributed by atoms with van der Waals surface area (Å²) in [4.78, 5) is -0.714. The van der Waals surface area contributed by atoms with E-state index in [-0.39, 0.29) is 0 Å². The Bertz CT molecular complexity index is 461. The molecular weight excluding hydrogens is 257 g/mol. The minimum atomic E-state index is -4.90. The molecule has 0 spiro atoms. The lowest BCUT2D eigenvalue weighted by molar-refractivity contribution is -0.0498. The van der Waals surface area contributed by atoms with Gasteiger partial charge >= 0.3 is 16.8 Å². The van der Waals surface area contributed by atoms with Gasteiger partial charge in [0.05, 0.1) is 5.02 Å². The van der Waals surface area contributed by atoms with E-state index in [0.717, 1.165) is 12.1 Å². The largest absolute Gasteiger partial charge is 0.433 e. The van der Waals surface area contributed by atoms with E-state index in [2.05, 4.69) is 4.74 Å². The topological polar surface area (TPSA) is 43.4 Å². The third-order valence-electron chi connectivity index (χ3n) is 1.40. The van der Waals surface area contributed by atoms with E-state index < -0.39 is 32.5 Å². The van der Waals surface area contributed by atoms with Crippen LogP contribution in [0.2, 0.25) is 5.02 Å². The van der Waals surface area contributed by atoms with Crippen LogP contribution in [0.4, 0.5) is 12.7 Å².